The molecule has 14 nitrogen and oxygen atoms in total. The second kappa shape index (κ2) is 16.7. The molecule has 4 atom stereocenters. The zero-order chi connectivity index (χ0) is 28.7. The maximum absolute atomic E-state index is 13.2. The molecule has 0 radical (unpaired) electrons. The zero-order valence-corrected chi connectivity index (χ0v) is 20.9. The zero-order valence-electron chi connectivity index (χ0n) is 20.9. The summed E-state index contributed by atoms with van der Waals surface area (Å²) < 4.78 is 0. The van der Waals surface area contributed by atoms with Crippen LogP contribution in [-0.4, -0.2) is 76.5 Å². The molecule has 4 amide bonds. The molecule has 0 aromatic heterocycles. The fourth-order valence-corrected chi connectivity index (χ4v) is 3.45. The Kier molecular flexibility index (Phi) is 14.0. The van der Waals surface area contributed by atoms with Crippen LogP contribution in [0.25, 0.3) is 0 Å². The Hall–Kier alpha value is -4.04. The van der Waals surface area contributed by atoms with Crippen molar-refractivity contribution in [2.24, 2.45) is 17.2 Å². The molecule has 0 bridgehead atoms. The van der Waals surface area contributed by atoms with E-state index >= 15 is 0 Å². The van der Waals surface area contributed by atoms with E-state index in [0.29, 0.717) is 31.4 Å². The van der Waals surface area contributed by atoms with Crippen LogP contribution in [0.3, 0.4) is 0 Å². The first-order valence-electron chi connectivity index (χ1n) is 12.1. The first-order valence-corrected chi connectivity index (χ1v) is 12.1. The third-order valence-corrected chi connectivity index (χ3v) is 5.53. The van der Waals surface area contributed by atoms with Gasteiger partial charge in [0.1, 0.15) is 18.1 Å². The van der Waals surface area contributed by atoms with Gasteiger partial charge in [0, 0.05) is 12.8 Å². The van der Waals surface area contributed by atoms with Crippen LogP contribution >= 0.6 is 0 Å². The summed E-state index contributed by atoms with van der Waals surface area (Å²) in [6.45, 7) is 0.436. The molecular weight excluding hydrogens is 500 g/mol. The van der Waals surface area contributed by atoms with E-state index in [-0.39, 0.29) is 19.3 Å². The lowest BCUT2D eigenvalue weighted by atomic mass is 10.0. The monoisotopic (exact) mass is 536 g/mol. The van der Waals surface area contributed by atoms with Gasteiger partial charge in [-0.1, -0.05) is 36.8 Å². The molecular formula is C24H36N6O8. The van der Waals surface area contributed by atoms with Gasteiger partial charge < -0.3 is 43.4 Å². The van der Waals surface area contributed by atoms with Crippen LogP contribution in [0.5, 0.6) is 0 Å². The standard InChI is InChI=1S/C24H36N6O8/c25-11-5-4-8-15(26)21(34)29-17(12-14-6-2-1-3-7-14)22(35)30-18(13-20(32)33)23(36)28-16(24(37)38)9-10-19(27)31/h1-3,6-7,15-18H,4-5,8-13,25-26H2,(H2,27,31)(H,28,36)(H,29,34)(H,30,35)(H,32,33)(H,37,38). The Labute approximate surface area is 219 Å². The SMILES string of the molecule is NCCCCC(N)C(=O)NC(Cc1ccccc1)C(=O)NC(CC(=O)O)C(=O)NC(CCC(N)=O)C(=O)O. The highest BCUT2D eigenvalue weighted by Crippen LogP contribution is 2.07. The van der Waals surface area contributed by atoms with Gasteiger partial charge in [-0.15, -0.1) is 0 Å². The summed E-state index contributed by atoms with van der Waals surface area (Å²) in [7, 11) is 0. The number of carbonyl (C=O) groups is 6. The van der Waals surface area contributed by atoms with Gasteiger partial charge in [0.15, 0.2) is 0 Å². The molecule has 0 saturated carbocycles. The number of carboxylic acids is 2. The largest absolute Gasteiger partial charge is 0.481 e. The second-order valence-corrected chi connectivity index (χ2v) is 8.71. The summed E-state index contributed by atoms with van der Waals surface area (Å²) in [4.78, 5) is 72.4. The summed E-state index contributed by atoms with van der Waals surface area (Å²) in [5.41, 5.74) is 17.1. The number of nitrogens with two attached hydrogens (primary N) is 3. The summed E-state index contributed by atoms with van der Waals surface area (Å²) in [6.07, 6.45) is 0.0487. The molecule has 11 N–H and O–H groups in total. The Morgan fingerprint density at radius 1 is 0.789 bits per heavy atom. The Bertz CT molecular complexity index is 974. The van der Waals surface area contributed by atoms with E-state index in [9.17, 15) is 39.0 Å². The van der Waals surface area contributed by atoms with Crippen LogP contribution in [0.1, 0.15) is 44.1 Å². The average Bonchev–Trinajstić information content (AvgIpc) is 2.85. The van der Waals surface area contributed by atoms with Crippen LogP contribution in [0.2, 0.25) is 0 Å². The number of benzene rings is 1. The molecule has 0 heterocycles. The van der Waals surface area contributed by atoms with Gasteiger partial charge in [-0.05, 0) is 31.4 Å². The van der Waals surface area contributed by atoms with E-state index in [1.165, 1.54) is 0 Å². The number of rotatable bonds is 18. The van der Waals surface area contributed by atoms with Crippen molar-refractivity contribution in [2.45, 2.75) is 69.1 Å². The molecule has 0 saturated heterocycles. The van der Waals surface area contributed by atoms with Gasteiger partial charge in [0.25, 0.3) is 0 Å². The molecule has 0 aliphatic rings. The van der Waals surface area contributed by atoms with Gasteiger partial charge in [-0.3, -0.25) is 24.0 Å². The molecule has 1 aromatic rings. The number of aliphatic carboxylic acids is 2. The summed E-state index contributed by atoms with van der Waals surface area (Å²) in [5, 5.41) is 25.5. The van der Waals surface area contributed by atoms with Crippen molar-refractivity contribution in [3.8, 4) is 0 Å². The lowest BCUT2D eigenvalue weighted by molar-refractivity contribution is -0.143. The van der Waals surface area contributed by atoms with E-state index < -0.39 is 66.2 Å². The number of carboxylic acid groups (broad SMARTS) is 2. The molecule has 1 rings (SSSR count). The smallest absolute Gasteiger partial charge is 0.326 e. The topological polar surface area (TPSA) is 257 Å². The number of primary amides is 1. The minimum absolute atomic E-state index is 0.00566. The van der Waals surface area contributed by atoms with Gasteiger partial charge in [-0.2, -0.15) is 0 Å². The van der Waals surface area contributed by atoms with Gasteiger partial charge in [0.05, 0.1) is 12.5 Å². The predicted octanol–water partition coefficient (Wildman–Crippen LogP) is -2.04. The molecule has 0 aliphatic carbocycles. The van der Waals surface area contributed by atoms with Crippen molar-refractivity contribution < 1.29 is 39.0 Å². The number of amides is 4. The van der Waals surface area contributed by atoms with Gasteiger partial charge in [0.2, 0.25) is 23.6 Å². The van der Waals surface area contributed by atoms with E-state index in [0.717, 1.165) is 0 Å². The van der Waals surface area contributed by atoms with Gasteiger partial charge >= 0.3 is 11.9 Å². The molecule has 4 unspecified atom stereocenters. The molecule has 0 aliphatic heterocycles. The fraction of sp³-hybridized carbons (Fsp3) is 0.500. The molecule has 1 aromatic carbocycles. The third-order valence-electron chi connectivity index (χ3n) is 5.53. The number of nitrogens with one attached hydrogen (secondary N) is 3. The number of hydrogen-bond acceptors (Lipinski definition) is 8. The van der Waals surface area contributed by atoms with Crippen molar-refractivity contribution in [2.75, 3.05) is 6.54 Å². The van der Waals surface area contributed by atoms with E-state index in [4.69, 9.17) is 17.2 Å². The van der Waals surface area contributed by atoms with Crippen LogP contribution in [-0.2, 0) is 35.2 Å². The Morgan fingerprint density at radius 2 is 1.37 bits per heavy atom. The number of hydrogen-bond donors (Lipinski definition) is 8. The molecule has 210 valence electrons. The maximum Gasteiger partial charge on any atom is 0.326 e. The van der Waals surface area contributed by atoms with E-state index in [1.54, 1.807) is 30.3 Å². The predicted molar refractivity (Wildman–Crippen MR) is 135 cm³/mol. The summed E-state index contributed by atoms with van der Waals surface area (Å²) in [6, 6.07) is 3.27. The van der Waals surface area contributed by atoms with Crippen molar-refractivity contribution in [3.05, 3.63) is 35.9 Å². The average molecular weight is 537 g/mol. The highest BCUT2D eigenvalue weighted by Gasteiger charge is 2.31. The first kappa shape index (κ1) is 32.0. The van der Waals surface area contributed by atoms with Crippen LogP contribution < -0.4 is 33.2 Å². The van der Waals surface area contributed by atoms with E-state index in [1.807, 2.05) is 0 Å². The number of carbonyl (C=O) groups excluding carboxylic acids is 4. The normalized spacial score (nSPS) is 13.8. The Balaban J connectivity index is 3.07. The second-order valence-electron chi connectivity index (χ2n) is 8.71. The highest BCUT2D eigenvalue weighted by molar-refractivity contribution is 5.95. The molecule has 0 fully saturated rings. The lowest BCUT2D eigenvalue weighted by Crippen LogP contribution is -2.58. The van der Waals surface area contributed by atoms with Crippen LogP contribution in [0.4, 0.5) is 0 Å². The van der Waals surface area contributed by atoms with Crippen molar-refractivity contribution >= 4 is 35.6 Å². The Morgan fingerprint density at radius 3 is 1.92 bits per heavy atom. The maximum atomic E-state index is 13.2. The summed E-state index contributed by atoms with van der Waals surface area (Å²) in [5.74, 6) is -6.29. The van der Waals surface area contributed by atoms with Crippen molar-refractivity contribution in [1.82, 2.24) is 16.0 Å². The molecule has 0 spiro atoms. The van der Waals surface area contributed by atoms with Crippen LogP contribution in [0, 0.1) is 0 Å². The van der Waals surface area contributed by atoms with Crippen molar-refractivity contribution in [1.29, 1.82) is 0 Å². The van der Waals surface area contributed by atoms with Crippen molar-refractivity contribution in [3.63, 3.8) is 0 Å². The molecule has 14 heteroatoms. The number of unbranched alkanes of at least 4 members (excludes halogenated alkanes) is 1. The van der Waals surface area contributed by atoms with E-state index in [2.05, 4.69) is 16.0 Å². The summed E-state index contributed by atoms with van der Waals surface area (Å²) >= 11 is 0. The highest BCUT2D eigenvalue weighted by atomic mass is 16.4. The quantitative estimate of drug-likeness (QED) is 0.0953. The third kappa shape index (κ3) is 12.3. The lowest BCUT2D eigenvalue weighted by Gasteiger charge is -2.24. The van der Waals surface area contributed by atoms with Crippen LogP contribution in [0.15, 0.2) is 30.3 Å². The van der Waals surface area contributed by atoms with Gasteiger partial charge in [-0.25, -0.2) is 4.79 Å². The minimum atomic E-state index is -1.68. The fourth-order valence-electron chi connectivity index (χ4n) is 3.45. The first-order chi connectivity index (χ1) is 17.9. The minimum Gasteiger partial charge on any atom is -0.481 e. The molecule has 38 heavy (non-hydrogen) atoms.